The van der Waals surface area contributed by atoms with Crippen LogP contribution in [0.1, 0.15) is 48.1 Å². The zero-order valence-corrected chi connectivity index (χ0v) is 25.1. The lowest BCUT2D eigenvalue weighted by Crippen LogP contribution is -2.44. The molecule has 1 unspecified atom stereocenters. The van der Waals surface area contributed by atoms with Gasteiger partial charge in [-0.3, -0.25) is 14.3 Å². The molecule has 6 rings (SSSR count). The number of fused-ring (bicyclic) bond motifs is 1. The fraction of sp³-hybridized carbons (Fsp3) is 0.294. The van der Waals surface area contributed by atoms with Gasteiger partial charge in [0, 0.05) is 47.9 Å². The molecular weight excluding hydrogens is 578 g/mol. The first-order valence-electron chi connectivity index (χ1n) is 14.8. The van der Waals surface area contributed by atoms with Gasteiger partial charge in [0.05, 0.1) is 30.5 Å². The molecule has 1 saturated heterocycles. The van der Waals surface area contributed by atoms with E-state index in [1.807, 2.05) is 79.9 Å². The molecule has 3 heterocycles. The number of aliphatic hydroxyl groups is 2. The van der Waals surface area contributed by atoms with E-state index in [9.17, 15) is 19.8 Å². The van der Waals surface area contributed by atoms with E-state index < -0.39 is 17.4 Å². The maximum atomic E-state index is 13.9. The molecule has 1 aromatic heterocycles. The second-order valence-corrected chi connectivity index (χ2v) is 11.8. The fourth-order valence-electron chi connectivity index (χ4n) is 5.91. The summed E-state index contributed by atoms with van der Waals surface area (Å²) in [5.74, 6) is -1.10. The van der Waals surface area contributed by atoms with Gasteiger partial charge < -0.3 is 20.0 Å². The SMILES string of the molecule is C[C@@H](/C=C/CCn1cc(C(CO)c2ccccc2)nn1)[C@]1(O)C(=O)N(Cc2ccc(N3CCC3=O)cc2)c2ccc(Cl)cc21. The molecule has 0 saturated carbocycles. The van der Waals surface area contributed by atoms with Gasteiger partial charge in [-0.2, -0.15) is 0 Å². The molecule has 0 aliphatic carbocycles. The molecule has 10 heteroatoms. The summed E-state index contributed by atoms with van der Waals surface area (Å²) in [7, 11) is 0. The van der Waals surface area contributed by atoms with Crippen LogP contribution < -0.4 is 9.80 Å². The number of allylic oxidation sites excluding steroid dienone is 1. The van der Waals surface area contributed by atoms with Crippen molar-refractivity contribution in [1.29, 1.82) is 0 Å². The number of rotatable bonds is 11. The number of carbonyl (C=O) groups is 2. The lowest BCUT2D eigenvalue weighted by molar-refractivity contribution is -0.139. The summed E-state index contributed by atoms with van der Waals surface area (Å²) in [6, 6.07) is 22.4. The van der Waals surface area contributed by atoms with Crippen LogP contribution in [-0.4, -0.2) is 50.2 Å². The Morgan fingerprint density at radius 3 is 2.52 bits per heavy atom. The lowest BCUT2D eigenvalue weighted by Gasteiger charge is -2.31. The van der Waals surface area contributed by atoms with Crippen molar-refractivity contribution in [2.75, 3.05) is 23.0 Å². The first kappa shape index (κ1) is 29.7. The van der Waals surface area contributed by atoms with Gasteiger partial charge in [0.25, 0.3) is 5.91 Å². The van der Waals surface area contributed by atoms with Crippen LogP contribution in [0.3, 0.4) is 0 Å². The number of β-lactam (4-membered cyclic amide) rings is 1. The number of nitrogens with zero attached hydrogens (tertiary/aromatic N) is 5. The van der Waals surface area contributed by atoms with Gasteiger partial charge in [0.1, 0.15) is 0 Å². The van der Waals surface area contributed by atoms with Crippen molar-refractivity contribution in [3.05, 3.63) is 119 Å². The van der Waals surface area contributed by atoms with E-state index in [4.69, 9.17) is 11.6 Å². The standard InChI is InChI=1S/C34H34ClN5O4/c1-23(7-5-6-17-38-21-30(36-37-38)28(22-41)25-8-3-2-4-9-25)34(44)29-19-26(35)12-15-31(29)40(33(34)43)20-24-10-13-27(14-11-24)39-18-16-32(39)42/h2-5,7-15,19,21,23,28,41,44H,6,16-18,20,22H2,1H3/b7-5+/t23-,28?,34+/m0/s1. The Kier molecular flexibility index (Phi) is 8.35. The van der Waals surface area contributed by atoms with Crippen molar-refractivity contribution in [3.63, 3.8) is 0 Å². The van der Waals surface area contributed by atoms with Crippen LogP contribution in [0.4, 0.5) is 11.4 Å². The lowest BCUT2D eigenvalue weighted by atomic mass is 9.83. The van der Waals surface area contributed by atoms with Crippen LogP contribution in [0.15, 0.2) is 91.1 Å². The first-order chi connectivity index (χ1) is 21.3. The number of aliphatic hydroxyl groups excluding tert-OH is 1. The summed E-state index contributed by atoms with van der Waals surface area (Å²) in [5.41, 5.74) is 2.70. The van der Waals surface area contributed by atoms with Gasteiger partial charge in [-0.1, -0.05) is 78.4 Å². The summed E-state index contributed by atoms with van der Waals surface area (Å²) < 4.78 is 1.73. The minimum Gasteiger partial charge on any atom is -0.395 e. The van der Waals surface area contributed by atoms with Gasteiger partial charge in [-0.25, -0.2) is 0 Å². The Hall–Kier alpha value is -4.31. The molecule has 0 radical (unpaired) electrons. The summed E-state index contributed by atoms with van der Waals surface area (Å²) in [4.78, 5) is 29.0. The van der Waals surface area contributed by atoms with Crippen molar-refractivity contribution in [1.82, 2.24) is 15.0 Å². The molecule has 226 valence electrons. The summed E-state index contributed by atoms with van der Waals surface area (Å²) >= 11 is 6.34. The normalized spacial score (nSPS) is 19.4. The van der Waals surface area contributed by atoms with Crippen LogP contribution in [-0.2, 0) is 28.3 Å². The molecule has 9 nitrogen and oxygen atoms in total. The van der Waals surface area contributed by atoms with Crippen molar-refractivity contribution >= 4 is 34.8 Å². The Morgan fingerprint density at radius 1 is 1.07 bits per heavy atom. The minimum absolute atomic E-state index is 0.0693. The van der Waals surface area contributed by atoms with E-state index in [0.29, 0.717) is 47.9 Å². The van der Waals surface area contributed by atoms with E-state index in [2.05, 4.69) is 10.3 Å². The number of aryl methyl sites for hydroxylation is 1. The van der Waals surface area contributed by atoms with E-state index in [1.165, 1.54) is 0 Å². The average Bonchev–Trinajstić information content (AvgIpc) is 3.57. The second kappa shape index (κ2) is 12.4. The maximum Gasteiger partial charge on any atom is 0.264 e. The third kappa shape index (κ3) is 5.54. The number of anilines is 2. The van der Waals surface area contributed by atoms with Crippen LogP contribution in [0, 0.1) is 5.92 Å². The molecule has 0 spiro atoms. The number of aromatic nitrogens is 3. The molecule has 2 aliphatic heterocycles. The molecular formula is C34H34ClN5O4. The maximum absolute atomic E-state index is 13.9. The highest BCUT2D eigenvalue weighted by molar-refractivity contribution is 6.31. The van der Waals surface area contributed by atoms with E-state index in [-0.39, 0.29) is 25.0 Å². The molecule has 2 amide bonds. The summed E-state index contributed by atoms with van der Waals surface area (Å²) in [6.45, 7) is 3.28. The Morgan fingerprint density at radius 2 is 1.84 bits per heavy atom. The van der Waals surface area contributed by atoms with Crippen LogP contribution in [0.25, 0.3) is 0 Å². The number of benzene rings is 3. The fourth-order valence-corrected chi connectivity index (χ4v) is 6.08. The number of carbonyl (C=O) groups excluding carboxylic acids is 2. The topological polar surface area (TPSA) is 112 Å². The highest BCUT2D eigenvalue weighted by atomic mass is 35.5. The van der Waals surface area contributed by atoms with E-state index >= 15 is 0 Å². The van der Waals surface area contributed by atoms with Gasteiger partial charge in [-0.05, 0) is 47.9 Å². The summed E-state index contributed by atoms with van der Waals surface area (Å²) in [5, 5.41) is 30.8. The molecule has 2 aliphatic rings. The smallest absolute Gasteiger partial charge is 0.264 e. The third-order valence-corrected chi connectivity index (χ3v) is 8.81. The summed E-state index contributed by atoms with van der Waals surface area (Å²) in [6.07, 6.45) is 6.79. The largest absolute Gasteiger partial charge is 0.395 e. The van der Waals surface area contributed by atoms with E-state index in [0.717, 1.165) is 16.8 Å². The molecule has 4 aromatic rings. The Balaban J connectivity index is 1.14. The second-order valence-electron chi connectivity index (χ2n) is 11.3. The molecule has 2 N–H and O–H groups in total. The number of halogens is 1. The van der Waals surface area contributed by atoms with Crippen molar-refractivity contribution in [3.8, 4) is 0 Å². The molecule has 44 heavy (non-hydrogen) atoms. The predicted molar refractivity (Wildman–Crippen MR) is 168 cm³/mol. The predicted octanol–water partition coefficient (Wildman–Crippen LogP) is 4.81. The first-order valence-corrected chi connectivity index (χ1v) is 15.1. The molecule has 1 fully saturated rings. The van der Waals surface area contributed by atoms with Gasteiger partial charge in [0.2, 0.25) is 5.91 Å². The minimum atomic E-state index is -1.79. The van der Waals surface area contributed by atoms with Gasteiger partial charge in [0.15, 0.2) is 5.60 Å². The molecule has 3 atom stereocenters. The monoisotopic (exact) mass is 611 g/mol. The van der Waals surface area contributed by atoms with Crippen molar-refractivity contribution in [2.24, 2.45) is 5.92 Å². The number of hydrogen-bond donors (Lipinski definition) is 2. The highest BCUT2D eigenvalue weighted by Gasteiger charge is 2.52. The zero-order valence-electron chi connectivity index (χ0n) is 24.4. The quantitative estimate of drug-likeness (QED) is 0.186. The Labute approximate surface area is 261 Å². The number of hydrogen-bond acceptors (Lipinski definition) is 6. The van der Waals surface area contributed by atoms with Crippen molar-refractivity contribution < 1.29 is 19.8 Å². The van der Waals surface area contributed by atoms with Gasteiger partial charge in [-0.15, -0.1) is 5.10 Å². The highest BCUT2D eigenvalue weighted by Crippen LogP contribution is 2.46. The molecule has 3 aromatic carbocycles. The Bertz CT molecular complexity index is 1690. The van der Waals surface area contributed by atoms with Gasteiger partial charge >= 0.3 is 0 Å². The van der Waals surface area contributed by atoms with Crippen LogP contribution >= 0.6 is 11.6 Å². The third-order valence-electron chi connectivity index (χ3n) is 8.58. The average molecular weight is 612 g/mol. The molecule has 0 bridgehead atoms. The van der Waals surface area contributed by atoms with Crippen LogP contribution in [0.5, 0.6) is 0 Å². The van der Waals surface area contributed by atoms with E-state index in [1.54, 1.807) is 32.7 Å². The zero-order chi connectivity index (χ0) is 30.8. The van der Waals surface area contributed by atoms with Crippen molar-refractivity contribution in [2.45, 2.75) is 44.4 Å². The van der Waals surface area contributed by atoms with Crippen LogP contribution in [0.2, 0.25) is 5.02 Å². The number of amides is 2.